The Morgan fingerprint density at radius 1 is 1.17 bits per heavy atom. The van der Waals surface area contributed by atoms with Crippen LogP contribution in [0.4, 0.5) is 4.39 Å². The van der Waals surface area contributed by atoms with Crippen molar-refractivity contribution in [3.8, 4) is 0 Å². The molecule has 1 aliphatic rings. The Morgan fingerprint density at radius 2 is 1.83 bits per heavy atom. The minimum Gasteiger partial charge on any atom is -0.379 e. The molecule has 2 aromatic carbocycles. The summed E-state index contributed by atoms with van der Waals surface area (Å²) in [5, 5.41) is 0. The molecule has 1 atom stereocenters. The summed E-state index contributed by atoms with van der Waals surface area (Å²) >= 11 is 0. The fourth-order valence-corrected chi connectivity index (χ4v) is 4.78. The molecule has 1 unspecified atom stereocenters. The van der Waals surface area contributed by atoms with Crippen LogP contribution in [0.15, 0.2) is 53.4 Å². The van der Waals surface area contributed by atoms with Crippen molar-refractivity contribution < 1.29 is 22.3 Å². The zero-order chi connectivity index (χ0) is 21.7. The zero-order valence-electron chi connectivity index (χ0n) is 17.3. The number of nitrogens with zero attached hydrogens (tertiary/aromatic N) is 2. The SMILES string of the molecule is CCC(C)N(Cc1ccccc1)C(=O)c1cc(S(=O)(=O)N2CCOCC2)ccc1F. The first-order valence-corrected chi connectivity index (χ1v) is 11.5. The van der Waals surface area contributed by atoms with E-state index < -0.39 is 21.7 Å². The van der Waals surface area contributed by atoms with E-state index in [9.17, 15) is 17.6 Å². The molecule has 0 bridgehead atoms. The average molecular weight is 435 g/mol. The molecule has 1 fully saturated rings. The monoisotopic (exact) mass is 434 g/mol. The second-order valence-electron chi connectivity index (χ2n) is 7.33. The lowest BCUT2D eigenvalue weighted by molar-refractivity contribution is 0.0666. The molecule has 1 aliphatic heterocycles. The molecule has 30 heavy (non-hydrogen) atoms. The number of benzene rings is 2. The van der Waals surface area contributed by atoms with Crippen LogP contribution in [0.2, 0.25) is 0 Å². The normalized spacial score (nSPS) is 16.2. The standard InChI is InChI=1S/C22H27FN2O4S/c1-3-17(2)25(16-18-7-5-4-6-8-18)22(26)20-15-19(9-10-21(20)23)30(27,28)24-11-13-29-14-12-24/h4-10,15,17H,3,11-14,16H2,1-2H3. The number of hydrogen-bond acceptors (Lipinski definition) is 4. The molecule has 6 nitrogen and oxygen atoms in total. The first-order chi connectivity index (χ1) is 14.3. The highest BCUT2D eigenvalue weighted by Crippen LogP contribution is 2.23. The summed E-state index contributed by atoms with van der Waals surface area (Å²) in [5.41, 5.74) is 0.684. The van der Waals surface area contributed by atoms with Crippen molar-refractivity contribution in [1.82, 2.24) is 9.21 Å². The Labute approximate surface area is 177 Å². The van der Waals surface area contributed by atoms with Crippen LogP contribution in [0.25, 0.3) is 0 Å². The maximum absolute atomic E-state index is 14.6. The molecule has 1 saturated heterocycles. The smallest absolute Gasteiger partial charge is 0.257 e. The van der Waals surface area contributed by atoms with Crippen molar-refractivity contribution in [2.75, 3.05) is 26.3 Å². The Hall–Kier alpha value is -2.29. The van der Waals surface area contributed by atoms with Gasteiger partial charge in [0.15, 0.2) is 0 Å². The first-order valence-electron chi connectivity index (χ1n) is 10.1. The van der Waals surface area contributed by atoms with Crippen LogP contribution < -0.4 is 0 Å². The highest BCUT2D eigenvalue weighted by Gasteiger charge is 2.29. The van der Waals surface area contributed by atoms with Crippen molar-refractivity contribution in [3.63, 3.8) is 0 Å². The lowest BCUT2D eigenvalue weighted by Gasteiger charge is -2.29. The molecular formula is C22H27FN2O4S. The molecule has 2 aromatic rings. The number of amides is 1. The van der Waals surface area contributed by atoms with Gasteiger partial charge in [0.25, 0.3) is 5.91 Å². The van der Waals surface area contributed by atoms with Gasteiger partial charge in [-0.1, -0.05) is 37.3 Å². The summed E-state index contributed by atoms with van der Waals surface area (Å²) in [4.78, 5) is 14.8. The quantitative estimate of drug-likeness (QED) is 0.671. The van der Waals surface area contributed by atoms with Gasteiger partial charge in [-0.2, -0.15) is 4.31 Å². The summed E-state index contributed by atoms with van der Waals surface area (Å²) in [6, 6.07) is 12.7. The van der Waals surface area contributed by atoms with E-state index >= 15 is 0 Å². The second-order valence-corrected chi connectivity index (χ2v) is 9.27. The molecule has 0 radical (unpaired) electrons. The van der Waals surface area contributed by atoms with Crippen molar-refractivity contribution in [2.24, 2.45) is 0 Å². The molecule has 162 valence electrons. The molecule has 0 aliphatic carbocycles. The van der Waals surface area contributed by atoms with Crippen LogP contribution in [0.1, 0.15) is 36.2 Å². The van der Waals surface area contributed by atoms with E-state index in [1.54, 1.807) is 4.90 Å². The minimum absolute atomic E-state index is 0.0852. The lowest BCUT2D eigenvalue weighted by Crippen LogP contribution is -2.41. The highest BCUT2D eigenvalue weighted by atomic mass is 32.2. The Bertz CT molecular complexity index is 976. The molecule has 1 heterocycles. The average Bonchev–Trinajstić information content (AvgIpc) is 2.78. The van der Waals surface area contributed by atoms with Crippen molar-refractivity contribution >= 4 is 15.9 Å². The Morgan fingerprint density at radius 3 is 2.47 bits per heavy atom. The van der Waals surface area contributed by atoms with Crippen molar-refractivity contribution in [3.05, 3.63) is 65.5 Å². The number of sulfonamides is 1. The third kappa shape index (κ3) is 4.88. The van der Waals surface area contributed by atoms with Gasteiger partial charge in [0.2, 0.25) is 10.0 Å². The number of carbonyl (C=O) groups is 1. The molecular weight excluding hydrogens is 407 g/mol. The molecule has 0 saturated carbocycles. The summed E-state index contributed by atoms with van der Waals surface area (Å²) in [6.07, 6.45) is 0.686. The van der Waals surface area contributed by atoms with E-state index in [1.165, 1.54) is 10.4 Å². The molecule has 8 heteroatoms. The van der Waals surface area contributed by atoms with Gasteiger partial charge in [-0.15, -0.1) is 0 Å². The highest BCUT2D eigenvalue weighted by molar-refractivity contribution is 7.89. The molecule has 3 rings (SSSR count). The van der Waals surface area contributed by atoms with Gasteiger partial charge in [-0.3, -0.25) is 4.79 Å². The largest absolute Gasteiger partial charge is 0.379 e. The minimum atomic E-state index is -3.83. The number of halogens is 1. The van der Waals surface area contributed by atoms with E-state index in [4.69, 9.17) is 4.74 Å². The number of rotatable bonds is 7. The fraction of sp³-hybridized carbons (Fsp3) is 0.409. The van der Waals surface area contributed by atoms with Crippen LogP contribution in [0.3, 0.4) is 0 Å². The maximum atomic E-state index is 14.6. The van der Waals surface area contributed by atoms with Gasteiger partial charge in [-0.25, -0.2) is 12.8 Å². The van der Waals surface area contributed by atoms with Crippen LogP contribution >= 0.6 is 0 Å². The molecule has 0 N–H and O–H groups in total. The van der Waals surface area contributed by atoms with Crippen LogP contribution in [-0.4, -0.2) is 55.9 Å². The summed E-state index contributed by atoms with van der Waals surface area (Å²) < 4.78 is 47.0. The van der Waals surface area contributed by atoms with Crippen molar-refractivity contribution in [1.29, 1.82) is 0 Å². The van der Waals surface area contributed by atoms with E-state index in [0.717, 1.165) is 17.7 Å². The van der Waals surface area contributed by atoms with Crippen LogP contribution in [0, 0.1) is 5.82 Å². The molecule has 0 aromatic heterocycles. The van der Waals surface area contributed by atoms with E-state index in [-0.39, 0.29) is 29.6 Å². The van der Waals surface area contributed by atoms with E-state index in [0.29, 0.717) is 26.2 Å². The van der Waals surface area contributed by atoms with Gasteiger partial charge < -0.3 is 9.64 Å². The summed E-state index contributed by atoms with van der Waals surface area (Å²) in [7, 11) is -3.83. The molecule has 0 spiro atoms. The van der Waals surface area contributed by atoms with Gasteiger partial charge in [0.05, 0.1) is 23.7 Å². The zero-order valence-corrected chi connectivity index (χ0v) is 18.1. The maximum Gasteiger partial charge on any atom is 0.257 e. The lowest BCUT2D eigenvalue weighted by atomic mass is 10.1. The summed E-state index contributed by atoms with van der Waals surface area (Å²) in [5.74, 6) is -1.26. The van der Waals surface area contributed by atoms with Crippen molar-refractivity contribution in [2.45, 2.75) is 37.8 Å². The third-order valence-corrected chi connectivity index (χ3v) is 7.25. The number of ether oxygens (including phenoxy) is 1. The Balaban J connectivity index is 1.94. The number of carbonyl (C=O) groups excluding carboxylic acids is 1. The predicted molar refractivity (Wildman–Crippen MR) is 112 cm³/mol. The topological polar surface area (TPSA) is 66.9 Å². The van der Waals surface area contributed by atoms with E-state index in [2.05, 4.69) is 0 Å². The first kappa shape index (κ1) is 22.4. The van der Waals surface area contributed by atoms with E-state index in [1.807, 2.05) is 44.2 Å². The number of hydrogen-bond donors (Lipinski definition) is 0. The van der Waals surface area contributed by atoms with Gasteiger partial charge in [0.1, 0.15) is 5.82 Å². The van der Waals surface area contributed by atoms with Gasteiger partial charge in [-0.05, 0) is 37.1 Å². The third-order valence-electron chi connectivity index (χ3n) is 5.36. The van der Waals surface area contributed by atoms with Gasteiger partial charge in [0, 0.05) is 25.7 Å². The van der Waals surface area contributed by atoms with Crippen LogP contribution in [-0.2, 0) is 21.3 Å². The number of morpholine rings is 1. The van der Waals surface area contributed by atoms with Crippen LogP contribution in [0.5, 0.6) is 0 Å². The summed E-state index contributed by atoms with van der Waals surface area (Å²) in [6.45, 7) is 5.25. The fourth-order valence-electron chi connectivity index (χ4n) is 3.35. The van der Waals surface area contributed by atoms with Gasteiger partial charge >= 0.3 is 0 Å². The predicted octanol–water partition coefficient (Wildman–Crippen LogP) is 3.29. The Kier molecular flexibility index (Phi) is 7.23. The second kappa shape index (κ2) is 9.68. The molecule has 1 amide bonds.